The van der Waals surface area contributed by atoms with Crippen molar-refractivity contribution in [2.45, 2.75) is 0 Å². The molecule has 0 saturated heterocycles. The third-order valence-corrected chi connectivity index (χ3v) is 1.14. The van der Waals surface area contributed by atoms with E-state index in [4.69, 9.17) is 11.6 Å². The minimum absolute atomic E-state index is 0.00361. The topological polar surface area (TPSA) is 34.9 Å². The van der Waals surface area contributed by atoms with E-state index >= 15 is 0 Å². The van der Waals surface area contributed by atoms with E-state index in [2.05, 4.69) is 4.98 Å². The maximum atomic E-state index is 10.7. The zero-order valence-corrected chi connectivity index (χ0v) is 5.38. The molecule has 1 rings (SSSR count). The second-order valence-corrected chi connectivity index (χ2v) is 1.76. The summed E-state index contributed by atoms with van der Waals surface area (Å²) in [4.78, 5) is 14.3. The Morgan fingerprint density at radius 3 is 3.00 bits per heavy atom. The maximum Gasteiger partial charge on any atom is 0.246 e. The molecule has 0 spiro atoms. The lowest BCUT2D eigenvalue weighted by molar-refractivity contribution is 0.0940. The van der Waals surface area contributed by atoms with E-state index < -0.39 is 0 Å². The fourth-order valence-electron chi connectivity index (χ4n) is 0.476. The highest BCUT2D eigenvalue weighted by molar-refractivity contribution is 6.27. The summed E-state index contributed by atoms with van der Waals surface area (Å²) in [6, 6.07) is 0. The lowest BCUT2D eigenvalue weighted by Crippen LogP contribution is -2.08. The zero-order valence-electron chi connectivity index (χ0n) is 4.62. The molecule has 0 atom stereocenters. The molecule has 48 valence electrons. The van der Waals surface area contributed by atoms with Gasteiger partial charge in [-0.15, -0.1) is 11.6 Å². The zero-order chi connectivity index (χ0) is 6.69. The molecule has 0 aromatic carbocycles. The summed E-state index contributed by atoms with van der Waals surface area (Å²) in [5.41, 5.74) is 0. The molecule has 0 radical (unpaired) electrons. The predicted octanol–water partition coefficient (Wildman–Crippen LogP) is 0.762. The van der Waals surface area contributed by atoms with Crippen LogP contribution in [0, 0.1) is 0 Å². The van der Waals surface area contributed by atoms with Crippen LogP contribution in [0.5, 0.6) is 0 Å². The van der Waals surface area contributed by atoms with Crippen molar-refractivity contribution >= 4 is 17.5 Å². The monoisotopic (exact) mass is 144 g/mol. The summed E-state index contributed by atoms with van der Waals surface area (Å²) in [6.45, 7) is 0. The number of aromatic nitrogens is 2. The molecule has 1 heterocycles. The van der Waals surface area contributed by atoms with Crippen LogP contribution in [-0.2, 0) is 0 Å². The van der Waals surface area contributed by atoms with Gasteiger partial charge in [0.25, 0.3) is 0 Å². The molecule has 4 heteroatoms. The van der Waals surface area contributed by atoms with Gasteiger partial charge in [-0.05, 0) is 0 Å². The Morgan fingerprint density at radius 2 is 2.56 bits per heavy atom. The molecule has 1 aromatic rings. The molecule has 0 amide bonds. The van der Waals surface area contributed by atoms with Gasteiger partial charge in [-0.3, -0.25) is 9.36 Å². The Bertz CT molecular complexity index is 195. The van der Waals surface area contributed by atoms with Crippen LogP contribution < -0.4 is 0 Å². The second kappa shape index (κ2) is 2.64. The van der Waals surface area contributed by atoms with Crippen molar-refractivity contribution in [3.8, 4) is 0 Å². The lowest BCUT2D eigenvalue weighted by atomic mass is 10.7. The van der Waals surface area contributed by atoms with E-state index in [0.717, 1.165) is 0 Å². The molecule has 0 unspecified atom stereocenters. The quantitative estimate of drug-likeness (QED) is 0.546. The number of hydrogen-bond acceptors (Lipinski definition) is 2. The molecule has 0 bridgehead atoms. The normalized spacial score (nSPS) is 9.44. The highest BCUT2D eigenvalue weighted by Gasteiger charge is 1.98. The average Bonchev–Trinajstić information content (AvgIpc) is 2.37. The molecule has 0 N–H and O–H groups in total. The van der Waals surface area contributed by atoms with Gasteiger partial charge in [0.1, 0.15) is 12.2 Å². The summed E-state index contributed by atoms with van der Waals surface area (Å²) >= 11 is 5.25. The lowest BCUT2D eigenvalue weighted by Gasteiger charge is -1.91. The molecule has 0 aliphatic carbocycles. The molecule has 0 aliphatic heterocycles. The molecule has 3 nitrogen and oxygen atoms in total. The van der Waals surface area contributed by atoms with Gasteiger partial charge < -0.3 is 0 Å². The first-order valence-electron chi connectivity index (χ1n) is 2.41. The van der Waals surface area contributed by atoms with Crippen LogP contribution in [0.25, 0.3) is 0 Å². The SMILES string of the molecule is O=C(CCl)n1ccnc1. The number of carbonyl (C=O) groups excluding carboxylic acids is 1. The van der Waals surface area contributed by atoms with Crippen molar-refractivity contribution in [1.82, 2.24) is 9.55 Å². The van der Waals surface area contributed by atoms with Crippen LogP contribution in [0.2, 0.25) is 0 Å². The smallest absolute Gasteiger partial charge is 0.246 e. The highest BCUT2D eigenvalue weighted by Crippen LogP contribution is 1.87. The van der Waals surface area contributed by atoms with Gasteiger partial charge in [-0.2, -0.15) is 0 Å². The van der Waals surface area contributed by atoms with Gasteiger partial charge in [0.05, 0.1) is 0 Å². The Morgan fingerprint density at radius 1 is 1.78 bits per heavy atom. The van der Waals surface area contributed by atoms with Crippen molar-refractivity contribution in [2.24, 2.45) is 0 Å². The Labute approximate surface area is 57.3 Å². The average molecular weight is 145 g/mol. The third-order valence-electron chi connectivity index (χ3n) is 0.907. The van der Waals surface area contributed by atoms with E-state index in [9.17, 15) is 4.79 Å². The Kier molecular flexibility index (Phi) is 1.85. The number of nitrogens with zero attached hydrogens (tertiary/aromatic N) is 2. The number of alkyl halides is 1. The van der Waals surface area contributed by atoms with E-state index in [0.29, 0.717) is 0 Å². The van der Waals surface area contributed by atoms with Gasteiger partial charge in [0, 0.05) is 12.4 Å². The van der Waals surface area contributed by atoms with Crippen molar-refractivity contribution in [3.05, 3.63) is 18.7 Å². The predicted molar refractivity (Wildman–Crippen MR) is 33.6 cm³/mol. The molecule has 9 heavy (non-hydrogen) atoms. The molecule has 0 aliphatic rings. The maximum absolute atomic E-state index is 10.7. The summed E-state index contributed by atoms with van der Waals surface area (Å²) in [5, 5.41) is 0. The van der Waals surface area contributed by atoms with Crippen molar-refractivity contribution in [2.75, 3.05) is 5.88 Å². The first-order valence-corrected chi connectivity index (χ1v) is 2.95. The van der Waals surface area contributed by atoms with E-state index in [1.54, 1.807) is 6.20 Å². The van der Waals surface area contributed by atoms with Crippen molar-refractivity contribution < 1.29 is 4.79 Å². The summed E-state index contributed by atoms with van der Waals surface area (Å²) in [5.74, 6) is -0.162. The van der Waals surface area contributed by atoms with Crippen LogP contribution in [0.1, 0.15) is 4.79 Å². The van der Waals surface area contributed by atoms with Gasteiger partial charge >= 0.3 is 0 Å². The third kappa shape index (κ3) is 1.29. The van der Waals surface area contributed by atoms with Crippen LogP contribution in [0.3, 0.4) is 0 Å². The largest absolute Gasteiger partial charge is 0.275 e. The Balaban J connectivity index is 2.77. The summed E-state index contributed by atoms with van der Waals surface area (Å²) < 4.78 is 1.34. The van der Waals surface area contributed by atoms with Crippen molar-refractivity contribution in [3.63, 3.8) is 0 Å². The fraction of sp³-hybridized carbons (Fsp3) is 0.200. The van der Waals surface area contributed by atoms with Gasteiger partial charge in [0.2, 0.25) is 5.91 Å². The van der Waals surface area contributed by atoms with E-state index in [1.165, 1.54) is 17.1 Å². The molecule has 1 aromatic heterocycles. The summed E-state index contributed by atoms with van der Waals surface area (Å²) in [7, 11) is 0. The van der Waals surface area contributed by atoms with Crippen LogP contribution in [-0.4, -0.2) is 21.3 Å². The fourth-order valence-corrected chi connectivity index (χ4v) is 0.614. The standard InChI is InChI=1S/C5H5ClN2O/c6-3-5(9)8-2-1-7-4-8/h1-2,4H,3H2. The molecular weight excluding hydrogens is 140 g/mol. The number of rotatable bonds is 1. The van der Waals surface area contributed by atoms with Crippen LogP contribution in [0.15, 0.2) is 18.7 Å². The number of hydrogen-bond donors (Lipinski definition) is 0. The van der Waals surface area contributed by atoms with Gasteiger partial charge in [-0.1, -0.05) is 0 Å². The van der Waals surface area contributed by atoms with E-state index in [-0.39, 0.29) is 11.8 Å². The van der Waals surface area contributed by atoms with Crippen molar-refractivity contribution in [1.29, 1.82) is 0 Å². The minimum atomic E-state index is -0.158. The summed E-state index contributed by atoms with van der Waals surface area (Å²) in [6.07, 6.45) is 4.51. The van der Waals surface area contributed by atoms with Crippen LogP contribution in [0.4, 0.5) is 0 Å². The van der Waals surface area contributed by atoms with E-state index in [1.807, 2.05) is 0 Å². The van der Waals surface area contributed by atoms with Gasteiger partial charge in [0.15, 0.2) is 0 Å². The van der Waals surface area contributed by atoms with Gasteiger partial charge in [-0.25, -0.2) is 4.98 Å². The first-order chi connectivity index (χ1) is 4.34. The first kappa shape index (κ1) is 6.29. The molecule has 0 fully saturated rings. The van der Waals surface area contributed by atoms with Crippen LogP contribution >= 0.6 is 11.6 Å². The second-order valence-electron chi connectivity index (χ2n) is 1.50. The highest BCUT2D eigenvalue weighted by atomic mass is 35.5. The molecule has 0 saturated carbocycles. The Hall–Kier alpha value is -0.830. The molecular formula is C5H5ClN2O. The number of halogens is 1. The minimum Gasteiger partial charge on any atom is -0.275 e. The number of imidazole rings is 1. The number of carbonyl (C=O) groups is 1.